The largest absolute Gasteiger partial charge is 0.481 e. The Kier molecular flexibility index (Phi) is 2.86. The number of ketones is 1. The number of carbonyl (C=O) groups excluding carboxylic acids is 2. The number of carboxylic acids is 1. The van der Waals surface area contributed by atoms with Crippen LogP contribution in [0.5, 0.6) is 0 Å². The number of nitrogens with zero attached hydrogens (tertiary/aromatic N) is 1. The molecular formula is C12H10FNO4. The Morgan fingerprint density at radius 3 is 2.72 bits per heavy atom. The quantitative estimate of drug-likeness (QED) is 0.815. The molecule has 94 valence electrons. The van der Waals surface area contributed by atoms with E-state index in [4.69, 9.17) is 5.11 Å². The zero-order valence-corrected chi connectivity index (χ0v) is 9.51. The molecule has 18 heavy (non-hydrogen) atoms. The first-order valence-electron chi connectivity index (χ1n) is 5.31. The minimum Gasteiger partial charge on any atom is -0.481 e. The van der Waals surface area contributed by atoms with Crippen molar-refractivity contribution in [3.63, 3.8) is 0 Å². The summed E-state index contributed by atoms with van der Waals surface area (Å²) in [4.78, 5) is 34.9. The van der Waals surface area contributed by atoms with Crippen molar-refractivity contribution in [2.45, 2.75) is 6.92 Å². The van der Waals surface area contributed by atoms with Crippen LogP contribution >= 0.6 is 0 Å². The van der Waals surface area contributed by atoms with Gasteiger partial charge in [-0.25, -0.2) is 4.39 Å². The summed E-state index contributed by atoms with van der Waals surface area (Å²) in [6.45, 7) is 1.16. The summed E-state index contributed by atoms with van der Waals surface area (Å²) in [5.41, 5.74) is -0.141. The van der Waals surface area contributed by atoms with E-state index in [0.29, 0.717) is 0 Å². The van der Waals surface area contributed by atoms with Crippen molar-refractivity contribution in [3.8, 4) is 0 Å². The summed E-state index contributed by atoms with van der Waals surface area (Å²) in [6.07, 6.45) is 0. The van der Waals surface area contributed by atoms with Crippen LogP contribution < -0.4 is 4.90 Å². The second kappa shape index (κ2) is 4.21. The zero-order chi connectivity index (χ0) is 13.4. The molecule has 0 saturated heterocycles. The molecule has 0 radical (unpaired) electrons. The smallest absolute Gasteiger partial charge is 0.308 e. The molecule has 0 aliphatic carbocycles. The van der Waals surface area contributed by atoms with Crippen LogP contribution in [0.2, 0.25) is 0 Å². The summed E-state index contributed by atoms with van der Waals surface area (Å²) in [7, 11) is 0. The van der Waals surface area contributed by atoms with Gasteiger partial charge in [0, 0.05) is 6.54 Å². The Morgan fingerprint density at radius 2 is 2.11 bits per heavy atom. The Morgan fingerprint density at radius 1 is 1.44 bits per heavy atom. The van der Waals surface area contributed by atoms with E-state index in [1.807, 2.05) is 0 Å². The fraction of sp³-hybridized carbons (Fsp3) is 0.250. The maximum absolute atomic E-state index is 13.6. The number of hydrogen-bond donors (Lipinski definition) is 1. The lowest BCUT2D eigenvalue weighted by molar-refractivity contribution is -0.140. The molecule has 1 aliphatic heterocycles. The van der Waals surface area contributed by atoms with Crippen LogP contribution in [0.25, 0.3) is 0 Å². The first-order chi connectivity index (χ1) is 8.43. The lowest BCUT2D eigenvalue weighted by Crippen LogP contribution is -2.36. The zero-order valence-electron chi connectivity index (χ0n) is 9.51. The van der Waals surface area contributed by atoms with Crippen molar-refractivity contribution < 1.29 is 23.9 Å². The number of rotatable bonds is 3. The summed E-state index contributed by atoms with van der Waals surface area (Å²) in [5.74, 6) is -4.39. The van der Waals surface area contributed by atoms with E-state index in [0.717, 1.165) is 11.0 Å². The number of carboxylic acid groups (broad SMARTS) is 1. The van der Waals surface area contributed by atoms with Crippen molar-refractivity contribution in [2.75, 3.05) is 11.4 Å². The van der Waals surface area contributed by atoms with Crippen molar-refractivity contribution in [2.24, 2.45) is 5.92 Å². The molecule has 6 heteroatoms. The number of para-hydroxylation sites is 1. The van der Waals surface area contributed by atoms with Gasteiger partial charge in [0.25, 0.3) is 11.7 Å². The molecule has 0 saturated carbocycles. The van der Waals surface area contributed by atoms with Crippen LogP contribution in [-0.4, -0.2) is 29.3 Å². The van der Waals surface area contributed by atoms with Crippen molar-refractivity contribution >= 4 is 23.3 Å². The number of benzene rings is 1. The van der Waals surface area contributed by atoms with Gasteiger partial charge >= 0.3 is 5.97 Å². The number of anilines is 1. The second-order valence-corrected chi connectivity index (χ2v) is 4.12. The van der Waals surface area contributed by atoms with Crippen LogP contribution in [0.4, 0.5) is 10.1 Å². The van der Waals surface area contributed by atoms with E-state index in [2.05, 4.69) is 0 Å². The van der Waals surface area contributed by atoms with Crippen LogP contribution in [0.15, 0.2) is 18.2 Å². The molecule has 1 aromatic rings. The van der Waals surface area contributed by atoms with Crippen LogP contribution in [0.3, 0.4) is 0 Å². The summed E-state index contributed by atoms with van der Waals surface area (Å²) < 4.78 is 13.6. The highest BCUT2D eigenvalue weighted by Crippen LogP contribution is 2.32. The Balaban J connectivity index is 2.42. The second-order valence-electron chi connectivity index (χ2n) is 4.12. The summed E-state index contributed by atoms with van der Waals surface area (Å²) in [6, 6.07) is 3.82. The molecule has 0 spiro atoms. The van der Waals surface area contributed by atoms with Gasteiger partial charge in [0.1, 0.15) is 5.82 Å². The Hall–Kier alpha value is -2.24. The average Bonchev–Trinajstić information content (AvgIpc) is 2.56. The third-order valence-corrected chi connectivity index (χ3v) is 2.82. The Bertz CT molecular complexity index is 555. The molecule has 1 amide bonds. The van der Waals surface area contributed by atoms with Gasteiger partial charge in [-0.15, -0.1) is 0 Å². The summed E-state index contributed by atoms with van der Waals surface area (Å²) in [5, 5.41) is 8.80. The van der Waals surface area contributed by atoms with Gasteiger partial charge in [-0.3, -0.25) is 14.4 Å². The number of carbonyl (C=O) groups is 3. The van der Waals surface area contributed by atoms with Gasteiger partial charge in [-0.1, -0.05) is 13.0 Å². The third kappa shape index (κ3) is 1.75. The predicted octanol–water partition coefficient (Wildman–Crippen LogP) is 1.08. The molecule has 1 heterocycles. The Labute approximate surface area is 102 Å². The van der Waals surface area contributed by atoms with Crippen LogP contribution in [0.1, 0.15) is 17.3 Å². The monoisotopic (exact) mass is 251 g/mol. The van der Waals surface area contributed by atoms with Crippen LogP contribution in [0, 0.1) is 11.7 Å². The van der Waals surface area contributed by atoms with E-state index >= 15 is 0 Å². The number of aliphatic carboxylic acids is 1. The van der Waals surface area contributed by atoms with Gasteiger partial charge in [-0.2, -0.15) is 0 Å². The van der Waals surface area contributed by atoms with Gasteiger partial charge in [0.05, 0.1) is 17.2 Å². The minimum atomic E-state index is -1.11. The minimum absolute atomic E-state index is 0.0161. The molecule has 1 aromatic carbocycles. The number of amides is 1. The van der Waals surface area contributed by atoms with E-state index in [1.54, 1.807) is 0 Å². The first-order valence-corrected chi connectivity index (χ1v) is 5.31. The van der Waals surface area contributed by atoms with Crippen LogP contribution in [-0.2, 0) is 9.59 Å². The van der Waals surface area contributed by atoms with E-state index in [-0.39, 0.29) is 17.8 Å². The SMILES string of the molecule is CC(CN1C(=O)C(=O)c2cccc(F)c21)C(=O)O. The topological polar surface area (TPSA) is 74.7 Å². The molecular weight excluding hydrogens is 241 g/mol. The highest BCUT2D eigenvalue weighted by Gasteiger charge is 2.39. The van der Waals surface area contributed by atoms with E-state index in [9.17, 15) is 18.8 Å². The number of halogens is 1. The van der Waals surface area contributed by atoms with Gasteiger partial charge < -0.3 is 10.0 Å². The number of Topliss-reactive ketones (excluding diaryl/α,β-unsaturated/α-hetero) is 1. The highest BCUT2D eigenvalue weighted by molar-refractivity contribution is 6.52. The van der Waals surface area contributed by atoms with Gasteiger partial charge in [0.15, 0.2) is 0 Å². The number of hydrogen-bond acceptors (Lipinski definition) is 3. The lowest BCUT2D eigenvalue weighted by Gasteiger charge is -2.19. The molecule has 1 N–H and O–H groups in total. The lowest BCUT2D eigenvalue weighted by atomic mass is 10.1. The maximum atomic E-state index is 13.6. The van der Waals surface area contributed by atoms with Gasteiger partial charge in [0.2, 0.25) is 0 Å². The standard InChI is InChI=1S/C12H10FNO4/c1-6(12(17)18)5-14-9-7(10(15)11(14)16)3-2-4-8(9)13/h2-4,6H,5H2,1H3,(H,17,18). The predicted molar refractivity (Wildman–Crippen MR) is 59.9 cm³/mol. The third-order valence-electron chi connectivity index (χ3n) is 2.82. The highest BCUT2D eigenvalue weighted by atomic mass is 19.1. The fourth-order valence-corrected chi connectivity index (χ4v) is 1.84. The molecule has 0 bridgehead atoms. The molecule has 5 nitrogen and oxygen atoms in total. The van der Waals surface area contributed by atoms with Crippen molar-refractivity contribution in [1.82, 2.24) is 0 Å². The van der Waals surface area contributed by atoms with Crippen molar-refractivity contribution in [1.29, 1.82) is 0 Å². The molecule has 1 atom stereocenters. The molecule has 0 aromatic heterocycles. The van der Waals surface area contributed by atoms with Gasteiger partial charge in [-0.05, 0) is 12.1 Å². The maximum Gasteiger partial charge on any atom is 0.308 e. The molecule has 1 aliphatic rings. The molecule has 2 rings (SSSR count). The van der Waals surface area contributed by atoms with E-state index < -0.39 is 29.4 Å². The fourth-order valence-electron chi connectivity index (χ4n) is 1.84. The van der Waals surface area contributed by atoms with E-state index in [1.165, 1.54) is 19.1 Å². The normalized spacial score (nSPS) is 15.8. The molecule has 0 fully saturated rings. The van der Waals surface area contributed by atoms with Crippen molar-refractivity contribution in [3.05, 3.63) is 29.6 Å². The number of fused-ring (bicyclic) bond motifs is 1. The average molecular weight is 251 g/mol. The molecule has 1 unspecified atom stereocenters. The summed E-state index contributed by atoms with van der Waals surface area (Å²) >= 11 is 0. The first kappa shape index (κ1) is 12.2.